The molecule has 0 amide bonds. The van der Waals surface area contributed by atoms with E-state index in [1.54, 1.807) is 0 Å². The Balaban J connectivity index is 1.66. The van der Waals surface area contributed by atoms with Gasteiger partial charge in [-0.2, -0.15) is 0 Å². The second kappa shape index (κ2) is 8.08. The Kier molecular flexibility index (Phi) is 5.35. The van der Waals surface area contributed by atoms with Gasteiger partial charge in [0.05, 0.1) is 6.33 Å². The molecule has 0 fully saturated rings. The second-order valence-corrected chi connectivity index (χ2v) is 5.52. The molecule has 0 unspecified atom stereocenters. The molecule has 0 saturated heterocycles. The highest BCUT2D eigenvalue weighted by atomic mass is 15.0. The highest BCUT2D eigenvalue weighted by molar-refractivity contribution is 5.79. The molecule has 1 aromatic carbocycles. The molecule has 2 heterocycles. The molecule has 116 valence electrons. The zero-order chi connectivity index (χ0) is 15.7. The second-order valence-electron chi connectivity index (χ2n) is 5.52. The molecule has 3 nitrogen and oxygen atoms in total. The monoisotopic (exact) mass is 303 g/mol. The fourth-order valence-electron chi connectivity index (χ4n) is 2.65. The normalized spacial score (nSPS) is 11.6. The summed E-state index contributed by atoms with van der Waals surface area (Å²) in [6.45, 7) is 1.03. The smallest absolute Gasteiger partial charge is 0.0945 e. The number of hydrogen-bond acceptors (Lipinski definition) is 2. The predicted molar refractivity (Wildman–Crippen MR) is 93.8 cm³/mol. The van der Waals surface area contributed by atoms with E-state index in [9.17, 15) is 0 Å². The van der Waals surface area contributed by atoms with Crippen molar-refractivity contribution in [2.24, 2.45) is 0 Å². The van der Waals surface area contributed by atoms with E-state index in [4.69, 9.17) is 0 Å². The van der Waals surface area contributed by atoms with Crippen LogP contribution in [0.3, 0.4) is 0 Å². The SMILES string of the molecule is C(CCCCn1ccnc1)=C(c1ccccc1)c1cccnc1. The molecule has 0 saturated carbocycles. The van der Waals surface area contributed by atoms with Gasteiger partial charge in [0.1, 0.15) is 0 Å². The van der Waals surface area contributed by atoms with Crippen LogP contribution in [0.1, 0.15) is 30.4 Å². The largest absolute Gasteiger partial charge is 0.337 e. The summed E-state index contributed by atoms with van der Waals surface area (Å²) in [5.74, 6) is 0. The molecule has 0 N–H and O–H groups in total. The molecule has 3 rings (SSSR count). The number of imidazole rings is 1. The zero-order valence-corrected chi connectivity index (χ0v) is 13.2. The lowest BCUT2D eigenvalue weighted by atomic mass is 9.97. The van der Waals surface area contributed by atoms with Crippen LogP contribution in [-0.4, -0.2) is 14.5 Å². The quantitative estimate of drug-likeness (QED) is 0.598. The Morgan fingerprint density at radius 2 is 1.78 bits per heavy atom. The lowest BCUT2D eigenvalue weighted by molar-refractivity contribution is 0.614. The van der Waals surface area contributed by atoms with Crippen molar-refractivity contribution in [3.63, 3.8) is 0 Å². The molecule has 23 heavy (non-hydrogen) atoms. The highest BCUT2D eigenvalue weighted by Gasteiger charge is 2.04. The van der Waals surface area contributed by atoms with Gasteiger partial charge < -0.3 is 4.57 Å². The van der Waals surface area contributed by atoms with Gasteiger partial charge in [0.15, 0.2) is 0 Å². The first-order chi connectivity index (χ1) is 11.4. The summed E-state index contributed by atoms with van der Waals surface area (Å²) in [4.78, 5) is 8.33. The van der Waals surface area contributed by atoms with E-state index >= 15 is 0 Å². The van der Waals surface area contributed by atoms with Crippen LogP contribution in [0, 0.1) is 0 Å². The van der Waals surface area contributed by atoms with Crippen molar-refractivity contribution in [1.82, 2.24) is 14.5 Å². The Morgan fingerprint density at radius 3 is 2.52 bits per heavy atom. The van der Waals surface area contributed by atoms with Crippen molar-refractivity contribution >= 4 is 5.57 Å². The van der Waals surface area contributed by atoms with Crippen molar-refractivity contribution in [2.75, 3.05) is 0 Å². The lowest BCUT2D eigenvalue weighted by Gasteiger charge is -2.08. The summed E-state index contributed by atoms with van der Waals surface area (Å²) in [5.41, 5.74) is 3.68. The summed E-state index contributed by atoms with van der Waals surface area (Å²) >= 11 is 0. The van der Waals surface area contributed by atoms with Crippen LogP contribution in [-0.2, 0) is 6.54 Å². The number of nitrogens with zero attached hydrogens (tertiary/aromatic N) is 3. The van der Waals surface area contributed by atoms with Crippen LogP contribution in [0.2, 0.25) is 0 Å². The van der Waals surface area contributed by atoms with Crippen LogP contribution in [0.25, 0.3) is 5.57 Å². The van der Waals surface area contributed by atoms with Gasteiger partial charge in [0.2, 0.25) is 0 Å². The molecule has 2 aromatic heterocycles. The summed E-state index contributed by atoms with van der Waals surface area (Å²) < 4.78 is 2.13. The standard InChI is InChI=1S/C20H21N3/c1-3-8-18(9-4-1)20(19-10-7-12-21-16-19)11-5-2-6-14-23-15-13-22-17-23/h1,3-4,7-13,15-17H,2,5-6,14H2. The average molecular weight is 303 g/mol. The van der Waals surface area contributed by atoms with Crippen LogP contribution in [0.5, 0.6) is 0 Å². The van der Waals surface area contributed by atoms with E-state index in [1.165, 1.54) is 16.7 Å². The fraction of sp³-hybridized carbons (Fsp3) is 0.200. The van der Waals surface area contributed by atoms with E-state index < -0.39 is 0 Å². The van der Waals surface area contributed by atoms with E-state index in [0.717, 1.165) is 25.8 Å². The molecule has 0 radical (unpaired) electrons. The number of unbranched alkanes of at least 4 members (excludes halogenated alkanes) is 2. The van der Waals surface area contributed by atoms with Gasteiger partial charge in [-0.3, -0.25) is 4.98 Å². The van der Waals surface area contributed by atoms with Crippen molar-refractivity contribution in [2.45, 2.75) is 25.8 Å². The number of aryl methyl sites for hydroxylation is 1. The molecule has 0 bridgehead atoms. The number of hydrogen-bond donors (Lipinski definition) is 0. The Morgan fingerprint density at radius 1 is 0.913 bits per heavy atom. The number of aromatic nitrogens is 3. The third-order valence-corrected chi connectivity index (χ3v) is 3.84. The maximum Gasteiger partial charge on any atom is 0.0945 e. The van der Waals surface area contributed by atoms with Gasteiger partial charge >= 0.3 is 0 Å². The minimum atomic E-state index is 1.03. The van der Waals surface area contributed by atoms with Gasteiger partial charge in [0.25, 0.3) is 0 Å². The van der Waals surface area contributed by atoms with Crippen molar-refractivity contribution in [1.29, 1.82) is 0 Å². The average Bonchev–Trinajstić information content (AvgIpc) is 3.13. The molecule has 0 aliphatic carbocycles. The first kappa shape index (κ1) is 15.2. The number of pyridine rings is 1. The molecule has 3 heteroatoms. The van der Waals surface area contributed by atoms with Gasteiger partial charge in [-0.25, -0.2) is 4.98 Å². The van der Waals surface area contributed by atoms with Crippen LogP contribution >= 0.6 is 0 Å². The summed E-state index contributed by atoms with van der Waals surface area (Å²) in [5, 5.41) is 0. The topological polar surface area (TPSA) is 30.7 Å². The minimum Gasteiger partial charge on any atom is -0.337 e. The zero-order valence-electron chi connectivity index (χ0n) is 13.2. The van der Waals surface area contributed by atoms with E-state index in [0.29, 0.717) is 0 Å². The third-order valence-electron chi connectivity index (χ3n) is 3.84. The van der Waals surface area contributed by atoms with E-state index in [-0.39, 0.29) is 0 Å². The van der Waals surface area contributed by atoms with Gasteiger partial charge in [-0.1, -0.05) is 42.5 Å². The van der Waals surface area contributed by atoms with E-state index in [1.807, 2.05) is 37.2 Å². The molecular formula is C20H21N3. The Bertz CT molecular complexity index is 675. The van der Waals surface area contributed by atoms with Crippen molar-refractivity contribution < 1.29 is 0 Å². The third kappa shape index (κ3) is 4.39. The Labute approximate surface area is 137 Å². The molecule has 0 aliphatic heterocycles. The van der Waals surface area contributed by atoms with Crippen molar-refractivity contribution in [3.8, 4) is 0 Å². The molecule has 0 aliphatic rings. The molecule has 3 aromatic rings. The van der Waals surface area contributed by atoms with Crippen LogP contribution in [0.4, 0.5) is 0 Å². The van der Waals surface area contributed by atoms with Gasteiger partial charge in [-0.15, -0.1) is 0 Å². The first-order valence-corrected chi connectivity index (χ1v) is 8.05. The predicted octanol–water partition coefficient (Wildman–Crippen LogP) is 4.58. The highest BCUT2D eigenvalue weighted by Crippen LogP contribution is 2.23. The molecular weight excluding hydrogens is 282 g/mol. The fourth-order valence-corrected chi connectivity index (χ4v) is 2.65. The number of allylic oxidation sites excluding steroid dienone is 1. The van der Waals surface area contributed by atoms with E-state index in [2.05, 4.69) is 57.0 Å². The summed E-state index contributed by atoms with van der Waals surface area (Å²) in [6, 6.07) is 14.6. The van der Waals surface area contributed by atoms with Gasteiger partial charge in [-0.05, 0) is 36.5 Å². The number of rotatable bonds is 7. The maximum absolute atomic E-state index is 4.26. The van der Waals surface area contributed by atoms with Crippen LogP contribution < -0.4 is 0 Å². The first-order valence-electron chi connectivity index (χ1n) is 8.05. The van der Waals surface area contributed by atoms with Crippen LogP contribution in [0.15, 0.2) is 79.7 Å². The summed E-state index contributed by atoms with van der Waals surface area (Å²) in [6.07, 6.45) is 15.2. The molecule has 0 atom stereocenters. The summed E-state index contributed by atoms with van der Waals surface area (Å²) in [7, 11) is 0. The minimum absolute atomic E-state index is 1.03. The van der Waals surface area contributed by atoms with Gasteiger partial charge in [0, 0.05) is 36.9 Å². The molecule has 0 spiro atoms. The van der Waals surface area contributed by atoms with Crippen molar-refractivity contribution in [3.05, 3.63) is 90.8 Å². The number of benzene rings is 1. The maximum atomic E-state index is 4.26. The lowest BCUT2D eigenvalue weighted by Crippen LogP contribution is -1.94. The Hall–Kier alpha value is -2.68.